The van der Waals surface area contributed by atoms with Crippen LogP contribution in [0.2, 0.25) is 0 Å². The highest BCUT2D eigenvalue weighted by Crippen LogP contribution is 2.14. The Labute approximate surface area is 217 Å². The number of carboxylic acid groups (broad SMARTS) is 1. The second-order valence-corrected chi connectivity index (χ2v) is 11.2. The van der Waals surface area contributed by atoms with Crippen LogP contribution in [0.15, 0.2) is 12.2 Å². The maximum absolute atomic E-state index is 12.3. The molecule has 0 fully saturated rings. The van der Waals surface area contributed by atoms with E-state index < -0.39 is 12.0 Å². The van der Waals surface area contributed by atoms with E-state index in [1.165, 1.54) is 96.3 Å². The molecular weight excluding hydrogens is 436 g/mol. The fourth-order valence-electron chi connectivity index (χ4n) is 4.79. The molecule has 0 saturated carbocycles. The van der Waals surface area contributed by atoms with Crippen LogP contribution in [-0.4, -0.2) is 54.7 Å². The molecule has 0 aliphatic rings. The van der Waals surface area contributed by atoms with E-state index in [1.54, 1.807) is 0 Å². The molecule has 2 unspecified atom stereocenters. The van der Waals surface area contributed by atoms with Crippen molar-refractivity contribution in [2.45, 2.75) is 148 Å². The number of aliphatic carboxylic acids is 1. The molecule has 0 aromatic carbocycles. The van der Waals surface area contributed by atoms with E-state index in [-0.39, 0.29) is 11.9 Å². The van der Waals surface area contributed by atoms with E-state index >= 15 is 0 Å². The van der Waals surface area contributed by atoms with Gasteiger partial charge in [0, 0.05) is 6.42 Å². The smallest absolute Gasteiger partial charge is 0.364 e. The number of hydrogen-bond acceptors (Lipinski definition) is 2. The molecule has 0 spiro atoms. The molecule has 5 nitrogen and oxygen atoms in total. The van der Waals surface area contributed by atoms with Crippen molar-refractivity contribution in [3.63, 3.8) is 0 Å². The number of carbonyl (C=O) groups is 2. The summed E-state index contributed by atoms with van der Waals surface area (Å²) in [5, 5.41) is 12.6. The summed E-state index contributed by atoms with van der Waals surface area (Å²) in [5.41, 5.74) is 0. The van der Waals surface area contributed by atoms with Crippen LogP contribution in [0.4, 0.5) is 0 Å². The van der Waals surface area contributed by atoms with Gasteiger partial charge in [-0.3, -0.25) is 4.79 Å². The second-order valence-electron chi connectivity index (χ2n) is 11.2. The van der Waals surface area contributed by atoms with Gasteiger partial charge in [0.1, 0.15) is 0 Å². The van der Waals surface area contributed by atoms with Crippen molar-refractivity contribution >= 4 is 11.9 Å². The van der Waals surface area contributed by atoms with Crippen LogP contribution in [0.5, 0.6) is 0 Å². The predicted molar refractivity (Wildman–Crippen MR) is 150 cm³/mol. The standard InChI is InChI=1S/C30H58N2O3/c1-6-8-9-10-11-12-13-14-15-16-17-18-19-20-21-22-23-24-25-26-28(33)31-27(7-2)29(30(34)35)32(3,4)5/h14-15,27,29H,6-13,16-26H2,1-5H3,(H-,31,33,34,35)/p+1. The first-order valence-electron chi connectivity index (χ1n) is 14.7. The Morgan fingerprint density at radius 2 is 1.14 bits per heavy atom. The third kappa shape index (κ3) is 19.5. The number of likely N-dealkylation sites (N-methyl/N-ethyl adjacent to an activating group) is 1. The average Bonchev–Trinajstić information content (AvgIpc) is 2.78. The van der Waals surface area contributed by atoms with E-state index in [9.17, 15) is 14.7 Å². The number of carboxylic acids is 1. The molecule has 0 rings (SSSR count). The lowest BCUT2D eigenvalue weighted by molar-refractivity contribution is -0.888. The molecule has 1 amide bonds. The van der Waals surface area contributed by atoms with Crippen LogP contribution in [0.3, 0.4) is 0 Å². The molecule has 0 aliphatic heterocycles. The minimum absolute atomic E-state index is 0.0161. The van der Waals surface area contributed by atoms with Crippen LogP contribution in [0, 0.1) is 0 Å². The molecular formula is C30H59N2O3+. The van der Waals surface area contributed by atoms with E-state index in [0.717, 1.165) is 12.8 Å². The predicted octanol–water partition coefficient (Wildman–Crippen LogP) is 7.64. The van der Waals surface area contributed by atoms with Gasteiger partial charge < -0.3 is 14.9 Å². The Hall–Kier alpha value is -1.36. The van der Waals surface area contributed by atoms with Gasteiger partial charge >= 0.3 is 5.97 Å². The van der Waals surface area contributed by atoms with Crippen LogP contribution in [0.25, 0.3) is 0 Å². The highest BCUT2D eigenvalue weighted by Gasteiger charge is 2.39. The topological polar surface area (TPSA) is 66.4 Å². The van der Waals surface area contributed by atoms with Crippen molar-refractivity contribution in [1.29, 1.82) is 0 Å². The van der Waals surface area contributed by atoms with Crippen LogP contribution in [0.1, 0.15) is 136 Å². The summed E-state index contributed by atoms with van der Waals surface area (Å²) in [4.78, 5) is 24.0. The molecule has 0 aromatic heterocycles. The Morgan fingerprint density at radius 1 is 0.714 bits per heavy atom. The first-order valence-corrected chi connectivity index (χ1v) is 14.7. The fraction of sp³-hybridized carbons (Fsp3) is 0.867. The van der Waals surface area contributed by atoms with E-state index in [1.807, 2.05) is 28.1 Å². The van der Waals surface area contributed by atoms with Gasteiger partial charge in [-0.1, -0.05) is 103 Å². The molecule has 5 heteroatoms. The SMILES string of the molecule is CCCCCCCCC=CCCCCCCCCCCCC(=O)NC(CC)C(C(=O)O)[N+](C)(C)C. The normalized spacial score (nSPS) is 13.7. The van der Waals surface area contributed by atoms with Crippen molar-refractivity contribution in [1.82, 2.24) is 5.32 Å². The molecule has 0 aliphatic carbocycles. The summed E-state index contributed by atoms with van der Waals surface area (Å²) in [7, 11) is 5.59. The first-order chi connectivity index (χ1) is 16.7. The minimum atomic E-state index is -0.857. The molecule has 2 atom stereocenters. The number of nitrogens with zero attached hydrogens (tertiary/aromatic N) is 1. The summed E-state index contributed by atoms with van der Waals surface area (Å²) in [5.74, 6) is -0.873. The second kappa shape index (κ2) is 21.9. The molecule has 0 radical (unpaired) electrons. The molecule has 0 heterocycles. The van der Waals surface area contributed by atoms with Crippen molar-refractivity contribution in [2.75, 3.05) is 21.1 Å². The summed E-state index contributed by atoms with van der Waals surface area (Å²) in [6, 6.07) is -0.971. The number of nitrogens with one attached hydrogen (secondary N) is 1. The summed E-state index contributed by atoms with van der Waals surface area (Å²) in [6.45, 7) is 4.21. The number of allylic oxidation sites excluding steroid dienone is 2. The zero-order chi connectivity index (χ0) is 26.4. The highest BCUT2D eigenvalue weighted by atomic mass is 16.4. The lowest BCUT2D eigenvalue weighted by Crippen LogP contribution is -2.60. The van der Waals surface area contributed by atoms with Crippen molar-refractivity contribution in [3.05, 3.63) is 12.2 Å². The monoisotopic (exact) mass is 495 g/mol. The quantitative estimate of drug-likeness (QED) is 0.0821. The molecule has 0 bridgehead atoms. The van der Waals surface area contributed by atoms with E-state index in [2.05, 4.69) is 24.4 Å². The number of unbranched alkanes of at least 4 members (excludes halogenated alkanes) is 15. The minimum Gasteiger partial charge on any atom is -0.477 e. The number of amides is 1. The van der Waals surface area contributed by atoms with Gasteiger partial charge in [0.15, 0.2) is 0 Å². The highest BCUT2D eigenvalue weighted by molar-refractivity contribution is 5.78. The summed E-state index contributed by atoms with van der Waals surface area (Å²) < 4.78 is 0.296. The third-order valence-corrected chi connectivity index (χ3v) is 6.92. The Bertz CT molecular complexity index is 554. The number of carbonyl (C=O) groups excluding carboxylic acids is 1. The summed E-state index contributed by atoms with van der Waals surface area (Å²) >= 11 is 0. The van der Waals surface area contributed by atoms with Gasteiger partial charge in [-0.05, 0) is 38.5 Å². The molecule has 0 aromatic rings. The van der Waals surface area contributed by atoms with Crippen LogP contribution in [-0.2, 0) is 9.59 Å². The maximum Gasteiger partial charge on any atom is 0.364 e. The van der Waals surface area contributed by atoms with Gasteiger partial charge in [-0.15, -0.1) is 0 Å². The van der Waals surface area contributed by atoms with Gasteiger partial charge in [0.05, 0.1) is 27.2 Å². The lowest BCUT2D eigenvalue weighted by Gasteiger charge is -2.36. The van der Waals surface area contributed by atoms with Gasteiger partial charge in [0.2, 0.25) is 11.9 Å². The van der Waals surface area contributed by atoms with Crippen molar-refractivity contribution in [2.24, 2.45) is 0 Å². The lowest BCUT2D eigenvalue weighted by atomic mass is 10.0. The molecule has 0 saturated heterocycles. The van der Waals surface area contributed by atoms with Gasteiger partial charge in [-0.25, -0.2) is 4.79 Å². The summed E-state index contributed by atoms with van der Waals surface area (Å²) in [6.07, 6.45) is 27.6. The van der Waals surface area contributed by atoms with Gasteiger partial charge in [0.25, 0.3) is 0 Å². The number of hydrogen-bond donors (Lipinski definition) is 2. The molecule has 206 valence electrons. The zero-order valence-corrected chi connectivity index (χ0v) is 24.0. The Morgan fingerprint density at radius 3 is 1.54 bits per heavy atom. The van der Waals surface area contributed by atoms with Crippen molar-refractivity contribution < 1.29 is 19.2 Å². The first kappa shape index (κ1) is 33.6. The number of rotatable bonds is 24. The van der Waals surface area contributed by atoms with E-state index in [4.69, 9.17) is 0 Å². The molecule has 35 heavy (non-hydrogen) atoms. The molecule has 2 N–H and O–H groups in total. The van der Waals surface area contributed by atoms with Gasteiger partial charge in [-0.2, -0.15) is 0 Å². The Kier molecular flexibility index (Phi) is 21.0. The van der Waals surface area contributed by atoms with Crippen LogP contribution < -0.4 is 5.32 Å². The fourth-order valence-corrected chi connectivity index (χ4v) is 4.79. The number of quaternary nitrogens is 1. The Balaban J connectivity index is 3.63. The van der Waals surface area contributed by atoms with Crippen LogP contribution >= 0.6 is 0 Å². The largest absolute Gasteiger partial charge is 0.477 e. The average molecular weight is 496 g/mol. The van der Waals surface area contributed by atoms with E-state index in [0.29, 0.717) is 17.3 Å². The third-order valence-electron chi connectivity index (χ3n) is 6.92. The maximum atomic E-state index is 12.3. The zero-order valence-electron chi connectivity index (χ0n) is 24.0. The van der Waals surface area contributed by atoms with Crippen molar-refractivity contribution in [3.8, 4) is 0 Å².